The van der Waals surface area contributed by atoms with Crippen molar-refractivity contribution in [2.75, 3.05) is 11.9 Å². The highest BCUT2D eigenvalue weighted by atomic mass is 32.1. The molecule has 1 aliphatic heterocycles. The lowest BCUT2D eigenvalue weighted by molar-refractivity contribution is 0.252. The predicted molar refractivity (Wildman–Crippen MR) is 125 cm³/mol. The standard InChI is InChI=1S/C24H28N4O2S/c1-14-17-4-2-3-5-21(17)31-23(14)28-24(30)26-12-19-18-10-11-25-13-20(18)27-22(19)15-6-8-16(29)9-7-15/h6-9,25,27,29H,2-5,10-13H2,1H3,(H2,26,28,30). The molecular weight excluding hydrogens is 408 g/mol. The number of phenols is 1. The maximum Gasteiger partial charge on any atom is 0.320 e. The summed E-state index contributed by atoms with van der Waals surface area (Å²) in [7, 11) is 0. The molecule has 31 heavy (non-hydrogen) atoms. The van der Waals surface area contributed by atoms with Crippen LogP contribution in [-0.4, -0.2) is 22.7 Å². The van der Waals surface area contributed by atoms with Crippen molar-refractivity contribution in [3.63, 3.8) is 0 Å². The average molecular weight is 437 g/mol. The number of aryl methyl sites for hydroxylation is 1. The molecule has 3 aromatic rings. The number of rotatable bonds is 4. The Morgan fingerprint density at radius 2 is 1.94 bits per heavy atom. The third-order valence-corrected chi connectivity index (χ3v) is 7.71. The first kappa shape index (κ1) is 20.2. The first-order valence-corrected chi connectivity index (χ1v) is 11.8. The number of aromatic nitrogens is 1. The van der Waals surface area contributed by atoms with E-state index >= 15 is 0 Å². The van der Waals surface area contributed by atoms with Gasteiger partial charge in [0.05, 0.1) is 10.7 Å². The van der Waals surface area contributed by atoms with Crippen LogP contribution in [-0.2, 0) is 32.4 Å². The number of H-pyrrole nitrogens is 1. The van der Waals surface area contributed by atoms with Crippen LogP contribution < -0.4 is 16.0 Å². The molecule has 0 fully saturated rings. The van der Waals surface area contributed by atoms with Crippen molar-refractivity contribution in [2.45, 2.75) is 52.1 Å². The van der Waals surface area contributed by atoms with Gasteiger partial charge in [-0.3, -0.25) is 5.32 Å². The molecule has 0 radical (unpaired) electrons. The maximum atomic E-state index is 12.8. The summed E-state index contributed by atoms with van der Waals surface area (Å²) in [6.45, 7) is 4.30. The van der Waals surface area contributed by atoms with Gasteiger partial charge in [-0.2, -0.15) is 0 Å². The van der Waals surface area contributed by atoms with Crippen LogP contribution in [0.2, 0.25) is 0 Å². The number of aromatic hydroxyl groups is 1. The summed E-state index contributed by atoms with van der Waals surface area (Å²) in [5.74, 6) is 0.245. The third kappa shape index (κ3) is 3.95. The lowest BCUT2D eigenvalue weighted by Crippen LogP contribution is -2.29. The normalized spacial score (nSPS) is 15.3. The van der Waals surface area contributed by atoms with E-state index in [1.807, 2.05) is 12.1 Å². The molecule has 3 heterocycles. The first-order chi connectivity index (χ1) is 15.1. The van der Waals surface area contributed by atoms with E-state index in [-0.39, 0.29) is 11.8 Å². The molecule has 0 saturated heterocycles. The average Bonchev–Trinajstić information content (AvgIpc) is 3.31. The van der Waals surface area contributed by atoms with Crippen LogP contribution in [0.3, 0.4) is 0 Å². The van der Waals surface area contributed by atoms with Crippen LogP contribution in [0.25, 0.3) is 11.3 Å². The zero-order valence-electron chi connectivity index (χ0n) is 17.7. The molecule has 5 rings (SSSR count). The number of carbonyl (C=O) groups is 1. The molecule has 1 aromatic carbocycles. The SMILES string of the molecule is Cc1c(NC(=O)NCc2c(-c3ccc(O)cc3)[nH]c3c2CCNC3)sc2c1CCCC2. The van der Waals surface area contributed by atoms with E-state index in [9.17, 15) is 9.90 Å². The molecule has 0 saturated carbocycles. The highest BCUT2D eigenvalue weighted by Gasteiger charge is 2.22. The summed E-state index contributed by atoms with van der Waals surface area (Å²) in [5, 5.41) is 20.2. The van der Waals surface area contributed by atoms with E-state index in [0.717, 1.165) is 54.2 Å². The zero-order chi connectivity index (χ0) is 21.4. The predicted octanol–water partition coefficient (Wildman–Crippen LogP) is 4.60. The quantitative estimate of drug-likeness (QED) is 0.414. The van der Waals surface area contributed by atoms with E-state index in [4.69, 9.17) is 0 Å². The number of urea groups is 1. The number of hydrogen-bond acceptors (Lipinski definition) is 4. The van der Waals surface area contributed by atoms with Gasteiger partial charge in [-0.15, -0.1) is 11.3 Å². The fourth-order valence-corrected chi connectivity index (χ4v) is 6.03. The molecule has 0 unspecified atom stereocenters. The molecule has 2 aliphatic rings. The van der Waals surface area contributed by atoms with Crippen molar-refractivity contribution < 1.29 is 9.90 Å². The van der Waals surface area contributed by atoms with E-state index in [2.05, 4.69) is 27.9 Å². The Morgan fingerprint density at radius 1 is 1.13 bits per heavy atom. The lowest BCUT2D eigenvalue weighted by Gasteiger charge is -2.15. The van der Waals surface area contributed by atoms with E-state index in [1.165, 1.54) is 40.1 Å². The van der Waals surface area contributed by atoms with Crippen molar-refractivity contribution >= 4 is 22.4 Å². The Morgan fingerprint density at radius 3 is 2.74 bits per heavy atom. The second-order valence-corrected chi connectivity index (χ2v) is 9.49. The molecule has 0 bridgehead atoms. The van der Waals surface area contributed by atoms with Gasteiger partial charge in [0, 0.05) is 29.2 Å². The Labute approximate surface area is 186 Å². The van der Waals surface area contributed by atoms with Gasteiger partial charge in [-0.05, 0) is 92.1 Å². The molecule has 0 atom stereocenters. The van der Waals surface area contributed by atoms with Crippen LogP contribution in [0, 0.1) is 6.92 Å². The number of benzene rings is 1. The van der Waals surface area contributed by atoms with Gasteiger partial charge < -0.3 is 20.7 Å². The fraction of sp³-hybridized carbons (Fsp3) is 0.375. The molecule has 5 N–H and O–H groups in total. The molecular formula is C24H28N4O2S. The van der Waals surface area contributed by atoms with Gasteiger partial charge in [-0.1, -0.05) is 0 Å². The lowest BCUT2D eigenvalue weighted by atomic mass is 9.96. The van der Waals surface area contributed by atoms with Crippen molar-refractivity contribution in [1.82, 2.24) is 15.6 Å². The highest BCUT2D eigenvalue weighted by molar-refractivity contribution is 7.16. The number of amides is 2. The number of fused-ring (bicyclic) bond motifs is 2. The fourth-order valence-electron chi connectivity index (χ4n) is 4.74. The second-order valence-electron chi connectivity index (χ2n) is 8.38. The zero-order valence-corrected chi connectivity index (χ0v) is 18.5. The number of anilines is 1. The van der Waals surface area contributed by atoms with Gasteiger partial charge in [0.25, 0.3) is 0 Å². The smallest absolute Gasteiger partial charge is 0.320 e. The molecule has 0 spiro atoms. The molecule has 6 nitrogen and oxygen atoms in total. The van der Waals surface area contributed by atoms with Gasteiger partial charge >= 0.3 is 6.03 Å². The van der Waals surface area contributed by atoms with Crippen LogP contribution in [0.1, 0.15) is 45.7 Å². The van der Waals surface area contributed by atoms with Gasteiger partial charge in [0.1, 0.15) is 5.75 Å². The first-order valence-electron chi connectivity index (χ1n) is 11.0. The van der Waals surface area contributed by atoms with E-state index in [1.54, 1.807) is 23.5 Å². The van der Waals surface area contributed by atoms with Crippen molar-refractivity contribution in [3.8, 4) is 17.0 Å². The summed E-state index contributed by atoms with van der Waals surface area (Å²) in [4.78, 5) is 17.7. The van der Waals surface area contributed by atoms with Crippen LogP contribution >= 0.6 is 11.3 Å². The van der Waals surface area contributed by atoms with Crippen molar-refractivity contribution in [1.29, 1.82) is 0 Å². The minimum Gasteiger partial charge on any atom is -0.508 e. The Kier molecular flexibility index (Phi) is 5.46. The van der Waals surface area contributed by atoms with E-state index in [0.29, 0.717) is 6.54 Å². The topological polar surface area (TPSA) is 89.2 Å². The molecule has 2 aromatic heterocycles. The van der Waals surface area contributed by atoms with Crippen molar-refractivity contribution in [2.24, 2.45) is 0 Å². The summed E-state index contributed by atoms with van der Waals surface area (Å²) in [6.07, 6.45) is 5.67. The number of carbonyl (C=O) groups excluding carboxylic acids is 1. The Bertz CT molecular complexity index is 1110. The summed E-state index contributed by atoms with van der Waals surface area (Å²) < 4.78 is 0. The van der Waals surface area contributed by atoms with Gasteiger partial charge in [-0.25, -0.2) is 4.79 Å². The van der Waals surface area contributed by atoms with Crippen LogP contribution in [0.5, 0.6) is 5.75 Å². The number of phenolic OH excluding ortho intramolecular Hbond substituents is 1. The molecule has 7 heteroatoms. The second kappa shape index (κ2) is 8.40. The van der Waals surface area contributed by atoms with Gasteiger partial charge in [0.2, 0.25) is 0 Å². The van der Waals surface area contributed by atoms with Crippen LogP contribution in [0.4, 0.5) is 9.80 Å². The Balaban J connectivity index is 1.35. The third-order valence-electron chi connectivity index (χ3n) is 6.40. The Hall–Kier alpha value is -2.77. The molecule has 1 aliphatic carbocycles. The minimum atomic E-state index is -0.165. The van der Waals surface area contributed by atoms with Crippen LogP contribution in [0.15, 0.2) is 24.3 Å². The summed E-state index contributed by atoms with van der Waals surface area (Å²) >= 11 is 1.73. The number of nitrogens with one attached hydrogen (secondary N) is 4. The summed E-state index contributed by atoms with van der Waals surface area (Å²) in [5.41, 5.74) is 8.26. The monoisotopic (exact) mass is 436 g/mol. The number of hydrogen-bond donors (Lipinski definition) is 5. The maximum absolute atomic E-state index is 12.8. The number of thiophene rings is 1. The molecule has 162 valence electrons. The molecule has 2 amide bonds. The van der Waals surface area contributed by atoms with Crippen molar-refractivity contribution in [3.05, 3.63) is 57.1 Å². The number of aromatic amines is 1. The largest absolute Gasteiger partial charge is 0.508 e. The van der Waals surface area contributed by atoms with E-state index < -0.39 is 0 Å². The van der Waals surface area contributed by atoms with Gasteiger partial charge in [0.15, 0.2) is 0 Å². The minimum absolute atomic E-state index is 0.165. The summed E-state index contributed by atoms with van der Waals surface area (Å²) in [6, 6.07) is 7.03. The highest BCUT2D eigenvalue weighted by Crippen LogP contribution is 2.37.